The van der Waals surface area contributed by atoms with Crippen LogP contribution < -0.4 is 12.4 Å². The zero-order chi connectivity index (χ0) is 9.31. The second-order valence-electron chi connectivity index (χ2n) is 4.56. The van der Waals surface area contributed by atoms with Crippen molar-refractivity contribution in [1.82, 2.24) is 0 Å². The van der Waals surface area contributed by atoms with E-state index >= 15 is 0 Å². The fourth-order valence-corrected chi connectivity index (χ4v) is 7.70. The van der Waals surface area contributed by atoms with Gasteiger partial charge in [-0.1, -0.05) is 0 Å². The van der Waals surface area contributed by atoms with E-state index in [2.05, 4.69) is 0 Å². The summed E-state index contributed by atoms with van der Waals surface area (Å²) in [4.78, 5) is 0. The summed E-state index contributed by atoms with van der Waals surface area (Å²) in [6.07, 6.45) is 8.35. The van der Waals surface area contributed by atoms with Gasteiger partial charge >= 0.3 is 0 Å². The number of hydrogen-bond acceptors (Lipinski definition) is 2. The summed E-state index contributed by atoms with van der Waals surface area (Å²) >= 11 is 0. The summed E-state index contributed by atoms with van der Waals surface area (Å²) in [6.45, 7) is 0. The fraction of sp³-hybridized carbons (Fsp3) is 1.00. The van der Waals surface area contributed by atoms with E-state index in [1.165, 1.54) is 38.5 Å². The van der Waals surface area contributed by atoms with Gasteiger partial charge in [-0.3, -0.25) is 0 Å². The number of fused-ring (bicyclic) bond motifs is 2. The number of aliphatic hydroxyl groups is 2. The summed E-state index contributed by atoms with van der Waals surface area (Å²) in [7, 11) is -1.36. The Bertz CT molecular complexity index is 161. The molecule has 2 N–H and O–H groups in total. The summed E-state index contributed by atoms with van der Waals surface area (Å²) in [5.41, 5.74) is 1.41. The first-order valence-corrected chi connectivity index (χ1v) is 7.71. The zero-order valence-corrected chi connectivity index (χ0v) is 10.2. The van der Waals surface area contributed by atoms with E-state index in [0.29, 0.717) is 24.0 Å². The lowest BCUT2D eigenvalue weighted by Gasteiger charge is -2.44. The van der Waals surface area contributed by atoms with Gasteiger partial charge in [-0.2, -0.15) is 0 Å². The predicted octanol–water partition coefficient (Wildman–Crippen LogP) is -0.987. The molecule has 4 heteroatoms. The second kappa shape index (κ2) is 5.12. The van der Waals surface area contributed by atoms with Crippen molar-refractivity contribution in [3.63, 3.8) is 0 Å². The van der Waals surface area contributed by atoms with Crippen LogP contribution in [0.3, 0.4) is 0 Å². The van der Waals surface area contributed by atoms with Crippen molar-refractivity contribution in [2.45, 2.75) is 49.8 Å². The number of aliphatic hydroxyl groups excluding tert-OH is 2. The minimum atomic E-state index is -1.36. The van der Waals surface area contributed by atoms with Crippen molar-refractivity contribution in [2.75, 3.05) is 12.7 Å². The van der Waals surface area contributed by atoms with E-state index in [9.17, 15) is 10.2 Å². The van der Waals surface area contributed by atoms with E-state index in [1.54, 1.807) is 0 Å². The summed E-state index contributed by atoms with van der Waals surface area (Å²) in [5.74, 6) is 0. The molecule has 14 heavy (non-hydrogen) atoms. The largest absolute Gasteiger partial charge is 1.00 e. The van der Waals surface area contributed by atoms with Gasteiger partial charge in [-0.05, 0) is 38.5 Å². The molecular weight excluding hydrogens is 219 g/mol. The molecule has 0 radical (unpaired) electrons. The van der Waals surface area contributed by atoms with Gasteiger partial charge in [-0.25, -0.2) is 0 Å². The lowest BCUT2D eigenvalue weighted by Crippen LogP contribution is -3.00. The van der Waals surface area contributed by atoms with Crippen molar-refractivity contribution < 1.29 is 22.6 Å². The van der Waals surface area contributed by atoms with E-state index in [1.807, 2.05) is 0 Å². The predicted molar refractivity (Wildman–Crippen MR) is 56.4 cm³/mol. The first-order valence-electron chi connectivity index (χ1n) is 5.41. The summed E-state index contributed by atoms with van der Waals surface area (Å²) in [6, 6.07) is 0. The Morgan fingerprint density at radius 2 is 1.21 bits per heavy atom. The molecule has 0 atom stereocenters. The van der Waals surface area contributed by atoms with E-state index in [0.717, 1.165) is 0 Å². The third-order valence-corrected chi connectivity index (χ3v) is 9.13. The van der Waals surface area contributed by atoms with Gasteiger partial charge in [0.1, 0.15) is 0 Å². The molecule has 84 valence electrons. The minimum absolute atomic E-state index is 0. The molecule has 2 fully saturated rings. The smallest absolute Gasteiger partial charge is 0.156 e. The van der Waals surface area contributed by atoms with Gasteiger partial charge in [0.25, 0.3) is 0 Å². The Kier molecular flexibility index (Phi) is 4.64. The molecule has 2 aliphatic heterocycles. The first-order chi connectivity index (χ1) is 6.33. The van der Waals surface area contributed by atoms with Gasteiger partial charge < -0.3 is 22.6 Å². The lowest BCUT2D eigenvalue weighted by molar-refractivity contribution is -0.00000442. The number of hydrogen-bond donors (Lipinski definition) is 2. The maximum atomic E-state index is 9.54. The highest BCUT2D eigenvalue weighted by Crippen LogP contribution is 2.73. The molecule has 0 spiro atoms. The molecule has 2 rings (SSSR count). The van der Waals surface area contributed by atoms with Gasteiger partial charge in [-0.15, -0.1) is 0 Å². The third kappa shape index (κ3) is 1.82. The number of rotatable bonds is 2. The quantitative estimate of drug-likeness (QED) is 0.607. The molecule has 2 nitrogen and oxygen atoms in total. The molecule has 0 aromatic carbocycles. The van der Waals surface area contributed by atoms with Crippen molar-refractivity contribution in [3.8, 4) is 0 Å². The average Bonchev–Trinajstić information content (AvgIpc) is 2.16. The SMILES string of the molecule is OC[P+]1(CO)C2CCCC1CCC2.[Cl-]. The Morgan fingerprint density at radius 3 is 1.43 bits per heavy atom. The van der Waals surface area contributed by atoms with Crippen LogP contribution in [0.2, 0.25) is 0 Å². The van der Waals surface area contributed by atoms with Crippen LogP contribution in [0.4, 0.5) is 0 Å². The highest BCUT2D eigenvalue weighted by molar-refractivity contribution is 7.76. The van der Waals surface area contributed by atoms with Crippen LogP contribution >= 0.6 is 7.26 Å². The lowest BCUT2D eigenvalue weighted by atomic mass is 9.99. The van der Waals surface area contributed by atoms with Crippen LogP contribution in [0.1, 0.15) is 38.5 Å². The van der Waals surface area contributed by atoms with E-state index in [-0.39, 0.29) is 12.4 Å². The Balaban J connectivity index is 0.000000980. The van der Waals surface area contributed by atoms with Crippen molar-refractivity contribution in [1.29, 1.82) is 0 Å². The average molecular weight is 239 g/mol. The first kappa shape index (κ1) is 12.7. The van der Waals surface area contributed by atoms with Crippen molar-refractivity contribution in [2.24, 2.45) is 0 Å². The van der Waals surface area contributed by atoms with Gasteiger partial charge in [0, 0.05) is 0 Å². The topological polar surface area (TPSA) is 40.5 Å². The van der Waals surface area contributed by atoms with Crippen LogP contribution in [0.25, 0.3) is 0 Å². The summed E-state index contributed by atoms with van der Waals surface area (Å²) < 4.78 is 0. The number of halogens is 1. The van der Waals surface area contributed by atoms with E-state index < -0.39 is 7.26 Å². The normalized spacial score (nSPS) is 34.7. The Labute approximate surface area is 92.8 Å². The van der Waals surface area contributed by atoms with Gasteiger partial charge in [0.05, 0.1) is 18.6 Å². The van der Waals surface area contributed by atoms with Gasteiger partial charge in [0.2, 0.25) is 0 Å². The third-order valence-electron chi connectivity index (χ3n) is 4.13. The molecule has 0 unspecified atom stereocenters. The molecule has 0 aromatic rings. The van der Waals surface area contributed by atoms with Crippen LogP contribution in [0.5, 0.6) is 0 Å². The standard InChI is InChI=1S/C10H20O2P.ClH/c11-7-13(8-12)9-3-1-4-10(13)6-2-5-9;/h9-12H,1-8H2;1H/q+1;/p-1. The molecule has 0 aromatic heterocycles. The zero-order valence-electron chi connectivity index (χ0n) is 8.53. The molecule has 2 saturated heterocycles. The Hall–Kier alpha value is 0.640. The maximum Gasteiger partial charge on any atom is 0.156 e. The highest BCUT2D eigenvalue weighted by Gasteiger charge is 2.55. The second-order valence-corrected chi connectivity index (χ2v) is 8.79. The molecule has 2 bridgehead atoms. The minimum Gasteiger partial charge on any atom is -1.00 e. The van der Waals surface area contributed by atoms with Crippen LogP contribution in [0.15, 0.2) is 0 Å². The van der Waals surface area contributed by atoms with Crippen LogP contribution in [-0.4, -0.2) is 34.2 Å². The maximum absolute atomic E-state index is 9.54. The van der Waals surface area contributed by atoms with Crippen LogP contribution in [0, 0.1) is 0 Å². The summed E-state index contributed by atoms with van der Waals surface area (Å²) in [5, 5.41) is 19.1. The molecule has 0 saturated carbocycles. The van der Waals surface area contributed by atoms with Crippen molar-refractivity contribution >= 4 is 7.26 Å². The fourth-order valence-electron chi connectivity index (χ4n) is 3.30. The van der Waals surface area contributed by atoms with Crippen molar-refractivity contribution in [3.05, 3.63) is 0 Å². The van der Waals surface area contributed by atoms with E-state index in [4.69, 9.17) is 0 Å². The molecule has 0 amide bonds. The van der Waals surface area contributed by atoms with Crippen LogP contribution in [-0.2, 0) is 0 Å². The molecule has 2 heterocycles. The highest BCUT2D eigenvalue weighted by atomic mass is 35.5. The molecule has 2 aliphatic rings. The Morgan fingerprint density at radius 1 is 0.857 bits per heavy atom. The van der Waals surface area contributed by atoms with Gasteiger partial charge in [0.15, 0.2) is 12.7 Å². The molecular formula is C10H20ClO2P. The monoisotopic (exact) mass is 238 g/mol. The molecule has 0 aliphatic carbocycles.